The van der Waals surface area contributed by atoms with Crippen molar-refractivity contribution >= 4 is 10.1 Å². The molecule has 96 valence electrons. The van der Waals surface area contributed by atoms with Gasteiger partial charge in [-0.15, -0.1) is 0 Å². The second-order valence-corrected chi connectivity index (χ2v) is 7.92. The summed E-state index contributed by atoms with van der Waals surface area (Å²) in [4.78, 5) is 0. The summed E-state index contributed by atoms with van der Waals surface area (Å²) in [6, 6.07) is 21.4. The molecule has 0 saturated carbocycles. The molecule has 0 fully saturated rings. The molecule has 0 unspecified atom stereocenters. The van der Waals surface area contributed by atoms with E-state index in [1.165, 1.54) is 7.14 Å². The Bertz CT molecular complexity index is 508. The van der Waals surface area contributed by atoms with E-state index in [4.69, 9.17) is 4.55 Å². The van der Waals surface area contributed by atoms with Crippen molar-refractivity contribution in [3.8, 4) is 0 Å². The number of benzene rings is 2. The molecule has 2 aromatic carbocycles. The maximum Gasteiger partial charge on any atom is 0.357 e. The Morgan fingerprint density at radius 3 is 1.39 bits per heavy atom. The molecule has 3 nitrogen and oxygen atoms in total. The predicted octanol–water partition coefficient (Wildman–Crippen LogP) is -0.681. The fourth-order valence-corrected chi connectivity index (χ4v) is 3.35. The molecule has 1 N–H and O–H groups in total. The summed E-state index contributed by atoms with van der Waals surface area (Å²) >= 11 is 0.0287. The van der Waals surface area contributed by atoms with E-state index >= 15 is 0 Å². The molecule has 0 aromatic heterocycles. The van der Waals surface area contributed by atoms with E-state index in [0.717, 1.165) is 0 Å². The van der Waals surface area contributed by atoms with Crippen molar-refractivity contribution in [1.82, 2.24) is 0 Å². The Hall–Kier alpha value is -0.920. The molecule has 0 amide bonds. The minimum atomic E-state index is -3.67. The molecular weight excluding hydrogens is 363 g/mol. The van der Waals surface area contributed by atoms with Crippen molar-refractivity contribution < 1.29 is 34.2 Å². The lowest BCUT2D eigenvalue weighted by atomic mass is 10.4. The van der Waals surface area contributed by atoms with Gasteiger partial charge < -0.3 is 0 Å². The SMILES string of the molecule is CS(=O)(=O)O.c1ccc([I+]c2ccccc2)cc1. The third-order valence-corrected chi connectivity index (χ3v) is 4.37. The quantitative estimate of drug-likeness (QED) is 0.558. The second kappa shape index (κ2) is 7.50. The topological polar surface area (TPSA) is 54.4 Å². The molecule has 0 bridgehead atoms. The van der Waals surface area contributed by atoms with Crippen LogP contribution < -0.4 is 21.2 Å². The molecule has 18 heavy (non-hydrogen) atoms. The fraction of sp³-hybridized carbons (Fsp3) is 0.0769. The highest BCUT2D eigenvalue weighted by molar-refractivity contribution is 7.85. The zero-order valence-corrected chi connectivity index (χ0v) is 12.8. The van der Waals surface area contributed by atoms with Crippen molar-refractivity contribution in [1.29, 1.82) is 0 Å². The molecule has 5 heteroatoms. The van der Waals surface area contributed by atoms with Gasteiger partial charge in [0.1, 0.15) is 0 Å². The van der Waals surface area contributed by atoms with Crippen LogP contribution in [-0.4, -0.2) is 19.2 Å². The first-order valence-electron chi connectivity index (χ1n) is 5.12. The van der Waals surface area contributed by atoms with Gasteiger partial charge in [-0.2, -0.15) is 8.42 Å². The van der Waals surface area contributed by atoms with Gasteiger partial charge in [-0.05, 0) is 24.3 Å². The second-order valence-electron chi connectivity index (χ2n) is 3.42. The number of rotatable bonds is 2. The predicted molar refractivity (Wildman–Crippen MR) is 67.8 cm³/mol. The number of hydrogen-bond acceptors (Lipinski definition) is 2. The first-order chi connectivity index (χ1) is 8.45. The van der Waals surface area contributed by atoms with Gasteiger partial charge in [0.05, 0.1) is 6.26 Å². The van der Waals surface area contributed by atoms with Crippen molar-refractivity contribution in [2.45, 2.75) is 0 Å². The van der Waals surface area contributed by atoms with Gasteiger partial charge in [0.25, 0.3) is 10.1 Å². The van der Waals surface area contributed by atoms with E-state index in [9.17, 15) is 8.42 Å². The largest absolute Gasteiger partial charge is 0.357 e. The van der Waals surface area contributed by atoms with Gasteiger partial charge in [-0.1, -0.05) is 36.4 Å². The van der Waals surface area contributed by atoms with Gasteiger partial charge >= 0.3 is 21.2 Å². The average Bonchev–Trinajstić information content (AvgIpc) is 2.29. The van der Waals surface area contributed by atoms with Gasteiger partial charge in [0.15, 0.2) is 7.14 Å². The molecule has 0 aliphatic rings. The summed E-state index contributed by atoms with van der Waals surface area (Å²) in [5.74, 6) is 0. The highest BCUT2D eigenvalue weighted by Crippen LogP contribution is 1.85. The molecule has 0 radical (unpaired) electrons. The zero-order valence-electron chi connectivity index (χ0n) is 9.82. The highest BCUT2D eigenvalue weighted by atomic mass is 127. The van der Waals surface area contributed by atoms with Crippen LogP contribution in [0.5, 0.6) is 0 Å². The van der Waals surface area contributed by atoms with Crippen LogP contribution in [0.15, 0.2) is 60.7 Å². The summed E-state index contributed by atoms with van der Waals surface area (Å²) in [6.07, 6.45) is 0.715. The van der Waals surface area contributed by atoms with E-state index < -0.39 is 10.1 Å². The Labute approximate surface area is 118 Å². The minimum absolute atomic E-state index is 0.0287. The number of halogens is 1. The third kappa shape index (κ3) is 8.21. The summed E-state index contributed by atoms with van der Waals surface area (Å²) < 4.78 is 28.8. The first-order valence-corrected chi connectivity index (χ1v) is 9.13. The molecular formula is C13H14IO3S+. The highest BCUT2D eigenvalue weighted by Gasteiger charge is 2.12. The standard InChI is InChI=1S/C12H10I.CH4O3S/c1-3-7-11(8-4-1)13-12-9-5-2-6-10-12;1-5(2,3)4/h1-10H;1H3,(H,2,3,4)/q+1;. The summed E-state index contributed by atoms with van der Waals surface area (Å²) in [6.45, 7) is 0. The Morgan fingerprint density at radius 2 is 1.11 bits per heavy atom. The van der Waals surface area contributed by atoms with Crippen molar-refractivity contribution in [3.63, 3.8) is 0 Å². The summed E-state index contributed by atoms with van der Waals surface area (Å²) in [7, 11) is -3.67. The monoisotopic (exact) mass is 377 g/mol. The van der Waals surface area contributed by atoms with Crippen LogP contribution in [0.25, 0.3) is 0 Å². The summed E-state index contributed by atoms with van der Waals surface area (Å²) in [5, 5.41) is 0. The van der Waals surface area contributed by atoms with Crippen LogP contribution >= 0.6 is 0 Å². The molecule has 0 spiro atoms. The van der Waals surface area contributed by atoms with Crippen molar-refractivity contribution in [2.24, 2.45) is 0 Å². The minimum Gasteiger partial charge on any atom is -0.286 e. The Balaban J connectivity index is 0.000000280. The van der Waals surface area contributed by atoms with Gasteiger partial charge in [-0.25, -0.2) is 0 Å². The van der Waals surface area contributed by atoms with E-state index in [0.29, 0.717) is 6.26 Å². The van der Waals surface area contributed by atoms with Crippen molar-refractivity contribution in [3.05, 3.63) is 67.8 Å². The van der Waals surface area contributed by atoms with Crippen LogP contribution in [0.2, 0.25) is 0 Å². The average molecular weight is 377 g/mol. The lowest BCUT2D eigenvalue weighted by molar-refractivity contribution is -0.597. The van der Waals surface area contributed by atoms with Crippen LogP contribution in [0.1, 0.15) is 0 Å². The van der Waals surface area contributed by atoms with Crippen LogP contribution in [0.3, 0.4) is 0 Å². The van der Waals surface area contributed by atoms with Gasteiger partial charge in [-0.3, -0.25) is 4.55 Å². The number of hydrogen-bond donors (Lipinski definition) is 1. The molecule has 0 aliphatic carbocycles. The fourth-order valence-electron chi connectivity index (χ4n) is 1.08. The van der Waals surface area contributed by atoms with Crippen LogP contribution in [0.4, 0.5) is 0 Å². The maximum absolute atomic E-state index is 9.19. The van der Waals surface area contributed by atoms with E-state index in [-0.39, 0.29) is 21.2 Å². The molecule has 0 aliphatic heterocycles. The summed E-state index contributed by atoms with van der Waals surface area (Å²) in [5.41, 5.74) is 0. The normalized spacial score (nSPS) is 10.3. The van der Waals surface area contributed by atoms with E-state index in [1.54, 1.807) is 0 Å². The lowest BCUT2D eigenvalue weighted by Gasteiger charge is -1.84. The van der Waals surface area contributed by atoms with Gasteiger partial charge in [0.2, 0.25) is 0 Å². The maximum atomic E-state index is 9.19. The van der Waals surface area contributed by atoms with Crippen LogP contribution in [0, 0.1) is 7.14 Å². The zero-order chi connectivity index (χ0) is 13.4. The van der Waals surface area contributed by atoms with Crippen LogP contribution in [-0.2, 0) is 10.1 Å². The lowest BCUT2D eigenvalue weighted by Crippen LogP contribution is -3.61. The Kier molecular flexibility index (Phi) is 6.31. The van der Waals surface area contributed by atoms with Gasteiger partial charge in [0, 0.05) is 0 Å². The molecule has 0 heterocycles. The molecule has 2 rings (SSSR count). The van der Waals surface area contributed by atoms with E-state index in [2.05, 4.69) is 60.7 Å². The van der Waals surface area contributed by atoms with E-state index in [1.807, 2.05) is 0 Å². The first kappa shape index (κ1) is 15.1. The Morgan fingerprint density at radius 1 is 0.833 bits per heavy atom. The molecule has 0 saturated heterocycles. The third-order valence-electron chi connectivity index (χ3n) is 1.68. The smallest absolute Gasteiger partial charge is 0.286 e. The van der Waals surface area contributed by atoms with Crippen molar-refractivity contribution in [2.75, 3.05) is 6.26 Å². The molecule has 0 atom stereocenters. The molecule has 2 aromatic rings.